The summed E-state index contributed by atoms with van der Waals surface area (Å²) in [5, 5.41) is 15.6. The average molecular weight is 313 g/mol. The number of aliphatic carboxylic acids is 1. The van der Waals surface area contributed by atoms with Gasteiger partial charge in [0.15, 0.2) is 5.13 Å². The highest BCUT2D eigenvalue weighted by molar-refractivity contribution is 7.14. The number of rotatable bonds is 6. The summed E-state index contributed by atoms with van der Waals surface area (Å²) in [7, 11) is 0. The number of anilines is 1. The molecule has 116 valence electrons. The molecule has 0 aliphatic heterocycles. The SMILES string of the molecule is CC(C)(C)C(=O)Nc1nc(C(=O)NCCCC(=O)O)cs1. The van der Waals surface area contributed by atoms with E-state index < -0.39 is 11.4 Å². The molecular formula is C13H19N3O4S. The number of hydrogen-bond acceptors (Lipinski definition) is 5. The molecule has 21 heavy (non-hydrogen) atoms. The van der Waals surface area contributed by atoms with Crippen LogP contribution in [0.2, 0.25) is 0 Å². The summed E-state index contributed by atoms with van der Waals surface area (Å²) in [4.78, 5) is 37.9. The van der Waals surface area contributed by atoms with Gasteiger partial charge in [0.2, 0.25) is 5.91 Å². The van der Waals surface area contributed by atoms with Gasteiger partial charge in [-0.3, -0.25) is 14.4 Å². The number of aromatic nitrogens is 1. The molecule has 0 bridgehead atoms. The third-order valence-corrected chi connectivity index (χ3v) is 3.25. The van der Waals surface area contributed by atoms with Crippen LogP contribution in [0.1, 0.15) is 44.1 Å². The molecule has 1 aromatic rings. The van der Waals surface area contributed by atoms with Gasteiger partial charge in [-0.1, -0.05) is 20.8 Å². The fourth-order valence-electron chi connectivity index (χ4n) is 1.25. The van der Waals surface area contributed by atoms with E-state index in [0.29, 0.717) is 11.6 Å². The van der Waals surface area contributed by atoms with Crippen LogP contribution in [0.15, 0.2) is 5.38 Å². The van der Waals surface area contributed by atoms with E-state index >= 15 is 0 Å². The first-order chi connectivity index (χ1) is 9.70. The van der Waals surface area contributed by atoms with Gasteiger partial charge in [0.05, 0.1) is 0 Å². The van der Waals surface area contributed by atoms with E-state index in [1.807, 2.05) is 0 Å². The molecule has 0 saturated heterocycles. The van der Waals surface area contributed by atoms with Crippen LogP contribution in [0.5, 0.6) is 0 Å². The molecule has 1 heterocycles. The molecule has 0 saturated carbocycles. The van der Waals surface area contributed by atoms with Gasteiger partial charge >= 0.3 is 5.97 Å². The van der Waals surface area contributed by atoms with Crippen LogP contribution in [0.4, 0.5) is 5.13 Å². The summed E-state index contributed by atoms with van der Waals surface area (Å²) in [5.41, 5.74) is -0.329. The number of thiazole rings is 1. The van der Waals surface area contributed by atoms with Gasteiger partial charge in [0.25, 0.3) is 5.91 Å². The lowest BCUT2D eigenvalue weighted by Gasteiger charge is -2.15. The Kier molecular flexibility index (Phi) is 5.83. The molecule has 0 unspecified atom stereocenters. The monoisotopic (exact) mass is 313 g/mol. The maximum absolute atomic E-state index is 11.8. The predicted molar refractivity (Wildman–Crippen MR) is 79.4 cm³/mol. The molecule has 1 aromatic heterocycles. The van der Waals surface area contributed by atoms with E-state index in [1.165, 1.54) is 11.3 Å². The Balaban J connectivity index is 2.49. The highest BCUT2D eigenvalue weighted by Gasteiger charge is 2.22. The molecular weight excluding hydrogens is 294 g/mol. The van der Waals surface area contributed by atoms with Gasteiger partial charge in [-0.05, 0) is 6.42 Å². The summed E-state index contributed by atoms with van der Waals surface area (Å²) < 4.78 is 0. The smallest absolute Gasteiger partial charge is 0.303 e. The number of hydrogen-bond donors (Lipinski definition) is 3. The zero-order valence-electron chi connectivity index (χ0n) is 12.2. The molecule has 0 spiro atoms. The van der Waals surface area contributed by atoms with Crippen molar-refractivity contribution in [2.24, 2.45) is 5.41 Å². The minimum atomic E-state index is -0.898. The highest BCUT2D eigenvalue weighted by atomic mass is 32.1. The molecule has 0 fully saturated rings. The molecule has 7 nitrogen and oxygen atoms in total. The summed E-state index contributed by atoms with van der Waals surface area (Å²) in [6, 6.07) is 0. The van der Waals surface area contributed by atoms with E-state index in [9.17, 15) is 14.4 Å². The molecule has 3 N–H and O–H groups in total. The number of nitrogens with zero attached hydrogens (tertiary/aromatic N) is 1. The van der Waals surface area contributed by atoms with Crippen molar-refractivity contribution in [3.8, 4) is 0 Å². The normalized spacial score (nSPS) is 11.0. The summed E-state index contributed by atoms with van der Waals surface area (Å²) >= 11 is 1.17. The van der Waals surface area contributed by atoms with E-state index in [4.69, 9.17) is 5.11 Å². The first-order valence-corrected chi connectivity index (χ1v) is 7.35. The van der Waals surface area contributed by atoms with Crippen LogP contribution < -0.4 is 10.6 Å². The lowest BCUT2D eigenvalue weighted by Crippen LogP contribution is -2.28. The van der Waals surface area contributed by atoms with Crippen LogP contribution in [0.25, 0.3) is 0 Å². The maximum atomic E-state index is 11.8. The molecule has 0 radical (unpaired) electrons. The largest absolute Gasteiger partial charge is 0.481 e. The molecule has 0 aliphatic carbocycles. The minimum absolute atomic E-state index is 0.00420. The molecule has 2 amide bonds. The highest BCUT2D eigenvalue weighted by Crippen LogP contribution is 2.20. The standard InChI is InChI=1S/C13H19N3O4S/c1-13(2,3)11(20)16-12-15-8(7-21-12)10(19)14-6-4-5-9(17)18/h7H,4-6H2,1-3H3,(H,14,19)(H,17,18)(H,15,16,20). The molecule has 1 rings (SSSR count). The minimum Gasteiger partial charge on any atom is -0.481 e. The van der Waals surface area contributed by atoms with Crippen molar-refractivity contribution < 1.29 is 19.5 Å². The number of carboxylic acid groups (broad SMARTS) is 1. The number of carboxylic acids is 1. The Labute approximate surface area is 126 Å². The maximum Gasteiger partial charge on any atom is 0.303 e. The second kappa shape index (κ2) is 7.16. The predicted octanol–water partition coefficient (Wildman–Crippen LogP) is 1.72. The van der Waals surface area contributed by atoms with Crippen LogP contribution in [-0.4, -0.2) is 34.4 Å². The average Bonchev–Trinajstić information content (AvgIpc) is 2.81. The molecule has 0 aliphatic rings. The summed E-state index contributed by atoms with van der Waals surface area (Å²) in [6.45, 7) is 5.62. The fourth-order valence-corrected chi connectivity index (χ4v) is 1.94. The quantitative estimate of drug-likeness (QED) is 0.693. The van der Waals surface area contributed by atoms with Crippen molar-refractivity contribution in [1.82, 2.24) is 10.3 Å². The van der Waals surface area contributed by atoms with Crippen LogP contribution in [0.3, 0.4) is 0 Å². The van der Waals surface area contributed by atoms with Gasteiger partial charge in [0.1, 0.15) is 5.69 Å². The van der Waals surface area contributed by atoms with E-state index in [-0.39, 0.29) is 30.5 Å². The first-order valence-electron chi connectivity index (χ1n) is 6.47. The van der Waals surface area contributed by atoms with Crippen molar-refractivity contribution >= 4 is 34.3 Å². The van der Waals surface area contributed by atoms with Crippen LogP contribution in [0, 0.1) is 5.41 Å². The van der Waals surface area contributed by atoms with Crippen molar-refractivity contribution in [2.45, 2.75) is 33.6 Å². The topological polar surface area (TPSA) is 108 Å². The van der Waals surface area contributed by atoms with E-state index in [1.54, 1.807) is 26.2 Å². The van der Waals surface area contributed by atoms with Crippen LogP contribution in [-0.2, 0) is 9.59 Å². The van der Waals surface area contributed by atoms with Gasteiger partial charge in [-0.2, -0.15) is 0 Å². The van der Waals surface area contributed by atoms with E-state index in [0.717, 1.165) is 0 Å². The Morgan fingerprint density at radius 3 is 2.57 bits per heavy atom. The third-order valence-electron chi connectivity index (χ3n) is 2.49. The van der Waals surface area contributed by atoms with E-state index in [2.05, 4.69) is 15.6 Å². The zero-order chi connectivity index (χ0) is 16.0. The Morgan fingerprint density at radius 1 is 1.33 bits per heavy atom. The second-order valence-electron chi connectivity index (χ2n) is 5.50. The molecule has 8 heteroatoms. The number of nitrogens with one attached hydrogen (secondary N) is 2. The summed E-state index contributed by atoms with van der Waals surface area (Å²) in [5.74, 6) is -1.46. The zero-order valence-corrected chi connectivity index (χ0v) is 13.0. The number of amides is 2. The Morgan fingerprint density at radius 2 is 2.00 bits per heavy atom. The number of carbonyl (C=O) groups excluding carboxylic acids is 2. The van der Waals surface area contributed by atoms with Crippen molar-refractivity contribution in [1.29, 1.82) is 0 Å². The molecule has 0 aromatic carbocycles. The van der Waals surface area contributed by atoms with Gasteiger partial charge < -0.3 is 15.7 Å². The van der Waals surface area contributed by atoms with Crippen molar-refractivity contribution in [3.63, 3.8) is 0 Å². The first kappa shape index (κ1) is 17.1. The third kappa shape index (κ3) is 5.90. The molecule has 0 atom stereocenters. The lowest BCUT2D eigenvalue weighted by atomic mass is 9.96. The fraction of sp³-hybridized carbons (Fsp3) is 0.538. The Hall–Kier alpha value is -1.96. The van der Waals surface area contributed by atoms with Crippen LogP contribution >= 0.6 is 11.3 Å². The van der Waals surface area contributed by atoms with Gasteiger partial charge in [0, 0.05) is 23.8 Å². The summed E-state index contributed by atoms with van der Waals surface area (Å²) in [6.07, 6.45) is 0.364. The number of carbonyl (C=O) groups is 3. The van der Waals surface area contributed by atoms with Gasteiger partial charge in [-0.25, -0.2) is 4.98 Å². The van der Waals surface area contributed by atoms with Crippen molar-refractivity contribution in [2.75, 3.05) is 11.9 Å². The Bertz CT molecular complexity index is 534. The second-order valence-corrected chi connectivity index (χ2v) is 6.35. The lowest BCUT2D eigenvalue weighted by molar-refractivity contribution is -0.137. The van der Waals surface area contributed by atoms with Gasteiger partial charge in [-0.15, -0.1) is 11.3 Å². The van der Waals surface area contributed by atoms with Crippen molar-refractivity contribution in [3.05, 3.63) is 11.1 Å².